The van der Waals surface area contributed by atoms with Crippen molar-refractivity contribution in [2.45, 2.75) is 37.5 Å². The number of benzene rings is 2. The minimum atomic E-state index is -3.50. The van der Waals surface area contributed by atoms with Crippen molar-refractivity contribution in [3.63, 3.8) is 0 Å². The number of hydrogen-bond acceptors (Lipinski definition) is 3. The summed E-state index contributed by atoms with van der Waals surface area (Å²) in [7, 11) is -3.50. The van der Waals surface area contributed by atoms with Gasteiger partial charge in [0.05, 0.1) is 10.4 Å². The molecule has 0 spiro atoms. The van der Waals surface area contributed by atoms with Crippen molar-refractivity contribution in [1.82, 2.24) is 9.71 Å². The van der Waals surface area contributed by atoms with Gasteiger partial charge in [0.15, 0.2) is 0 Å². The number of sulfonamides is 1. The molecule has 1 heterocycles. The van der Waals surface area contributed by atoms with Crippen LogP contribution >= 0.6 is 0 Å². The average Bonchev–Trinajstić information content (AvgIpc) is 2.67. The van der Waals surface area contributed by atoms with Crippen LogP contribution < -0.4 is 4.72 Å². The normalized spacial score (nSPS) is 13.0. The number of para-hydroxylation sites is 1. The summed E-state index contributed by atoms with van der Waals surface area (Å²) in [5, 5.41) is 1.06. The molecule has 5 heteroatoms. The molecule has 0 saturated heterocycles. The number of nitrogens with zero attached hydrogens (tertiary/aromatic N) is 1. The van der Waals surface area contributed by atoms with Gasteiger partial charge in [0.25, 0.3) is 0 Å². The van der Waals surface area contributed by atoms with Crippen molar-refractivity contribution in [3.8, 4) is 0 Å². The van der Waals surface area contributed by atoms with Crippen LogP contribution in [0.25, 0.3) is 10.9 Å². The van der Waals surface area contributed by atoms with Crippen LogP contribution in [-0.2, 0) is 16.4 Å². The Morgan fingerprint density at radius 1 is 1.04 bits per heavy atom. The fraction of sp³-hybridized carbons (Fsp3) is 0.286. The van der Waals surface area contributed by atoms with E-state index in [1.165, 1.54) is 0 Å². The molecule has 0 aliphatic carbocycles. The van der Waals surface area contributed by atoms with E-state index in [1.807, 2.05) is 42.5 Å². The fourth-order valence-electron chi connectivity index (χ4n) is 2.98. The maximum absolute atomic E-state index is 12.5. The molecule has 2 aromatic carbocycles. The number of rotatable bonds is 7. The predicted molar refractivity (Wildman–Crippen MR) is 106 cm³/mol. The van der Waals surface area contributed by atoms with Gasteiger partial charge in [-0.3, -0.25) is 4.98 Å². The first-order chi connectivity index (χ1) is 12.5. The summed E-state index contributed by atoms with van der Waals surface area (Å²) in [5.74, 6) is 0.429. The van der Waals surface area contributed by atoms with Gasteiger partial charge < -0.3 is 0 Å². The maximum Gasteiger partial charge on any atom is 0.240 e. The van der Waals surface area contributed by atoms with Crippen LogP contribution in [0.4, 0.5) is 0 Å². The van der Waals surface area contributed by atoms with Gasteiger partial charge in [-0.05, 0) is 48.1 Å². The quantitative estimate of drug-likeness (QED) is 0.677. The highest BCUT2D eigenvalue weighted by Gasteiger charge is 2.14. The molecule has 1 unspecified atom stereocenters. The number of nitrogens with one attached hydrogen (secondary N) is 1. The van der Waals surface area contributed by atoms with E-state index in [2.05, 4.69) is 23.6 Å². The molecule has 4 nitrogen and oxygen atoms in total. The highest BCUT2D eigenvalue weighted by molar-refractivity contribution is 7.89. The zero-order valence-corrected chi connectivity index (χ0v) is 16.0. The zero-order valence-electron chi connectivity index (χ0n) is 15.1. The summed E-state index contributed by atoms with van der Waals surface area (Å²) in [5.41, 5.74) is 3.12. The van der Waals surface area contributed by atoms with Gasteiger partial charge in [-0.1, -0.05) is 50.2 Å². The molecule has 26 heavy (non-hydrogen) atoms. The molecular formula is C21H24N2O2S. The Bertz CT molecular complexity index is 977. The van der Waals surface area contributed by atoms with Crippen LogP contribution in [0.15, 0.2) is 65.7 Å². The minimum Gasteiger partial charge on any atom is -0.256 e. The third kappa shape index (κ3) is 4.11. The Balaban J connectivity index is 1.68. The molecule has 0 fully saturated rings. The van der Waals surface area contributed by atoms with E-state index in [-0.39, 0.29) is 0 Å². The Labute approximate surface area is 155 Å². The maximum atomic E-state index is 12.5. The van der Waals surface area contributed by atoms with Gasteiger partial charge in [0.1, 0.15) is 0 Å². The lowest BCUT2D eigenvalue weighted by atomic mass is 9.99. The lowest BCUT2D eigenvalue weighted by Crippen LogP contribution is -2.26. The standard InChI is InChI=1S/C21H24N2O2S/c1-3-16(2)17-9-11-20(12-10-17)26(24,25)23-15-13-19-7-4-6-18-8-5-14-22-21(18)19/h4-12,14,16,23H,3,13,15H2,1-2H3. The van der Waals surface area contributed by atoms with Gasteiger partial charge in [0.2, 0.25) is 10.0 Å². The van der Waals surface area contributed by atoms with Crippen LogP contribution in [0.5, 0.6) is 0 Å². The Kier molecular flexibility index (Phi) is 5.69. The van der Waals surface area contributed by atoms with Crippen LogP contribution in [0.1, 0.15) is 37.3 Å². The summed E-state index contributed by atoms with van der Waals surface area (Å²) >= 11 is 0. The lowest BCUT2D eigenvalue weighted by molar-refractivity contribution is 0.581. The molecule has 0 bridgehead atoms. The molecule has 0 saturated carbocycles. The second kappa shape index (κ2) is 7.98. The third-order valence-electron chi connectivity index (χ3n) is 4.77. The third-order valence-corrected chi connectivity index (χ3v) is 6.25. The van der Waals surface area contributed by atoms with Crippen molar-refractivity contribution in [3.05, 3.63) is 71.9 Å². The Morgan fingerprint density at radius 3 is 2.50 bits per heavy atom. The van der Waals surface area contributed by atoms with Crippen molar-refractivity contribution < 1.29 is 8.42 Å². The van der Waals surface area contributed by atoms with Crippen LogP contribution in [-0.4, -0.2) is 19.9 Å². The van der Waals surface area contributed by atoms with Crippen molar-refractivity contribution in [2.75, 3.05) is 6.54 Å². The molecule has 1 atom stereocenters. The molecule has 1 N–H and O–H groups in total. The highest BCUT2D eigenvalue weighted by atomic mass is 32.2. The summed E-state index contributed by atoms with van der Waals surface area (Å²) in [6.07, 6.45) is 3.39. The molecule has 0 aliphatic heterocycles. The van der Waals surface area contributed by atoms with E-state index < -0.39 is 10.0 Å². The number of fused-ring (bicyclic) bond motifs is 1. The van der Waals surface area contributed by atoms with E-state index in [0.29, 0.717) is 23.8 Å². The first-order valence-corrected chi connectivity index (χ1v) is 10.4. The summed E-state index contributed by atoms with van der Waals surface area (Å²) in [6.45, 7) is 4.60. The number of hydrogen-bond donors (Lipinski definition) is 1. The van der Waals surface area contributed by atoms with E-state index in [4.69, 9.17) is 0 Å². The first-order valence-electron chi connectivity index (χ1n) is 8.93. The fourth-order valence-corrected chi connectivity index (χ4v) is 4.02. The minimum absolute atomic E-state index is 0.306. The first kappa shape index (κ1) is 18.5. The van der Waals surface area contributed by atoms with E-state index >= 15 is 0 Å². The van der Waals surface area contributed by atoms with Gasteiger partial charge in [0, 0.05) is 18.1 Å². The van der Waals surface area contributed by atoms with Crippen molar-refractivity contribution >= 4 is 20.9 Å². The van der Waals surface area contributed by atoms with Gasteiger partial charge in [-0.2, -0.15) is 0 Å². The molecule has 0 radical (unpaired) electrons. The Morgan fingerprint density at radius 2 is 1.77 bits per heavy atom. The average molecular weight is 369 g/mol. The largest absolute Gasteiger partial charge is 0.256 e. The molecule has 3 rings (SSSR count). The number of aromatic nitrogens is 1. The number of pyridine rings is 1. The van der Waals surface area contributed by atoms with Crippen LogP contribution in [0.2, 0.25) is 0 Å². The van der Waals surface area contributed by atoms with E-state index in [9.17, 15) is 8.42 Å². The van der Waals surface area contributed by atoms with Crippen LogP contribution in [0.3, 0.4) is 0 Å². The molecule has 3 aromatic rings. The lowest BCUT2D eigenvalue weighted by Gasteiger charge is -2.11. The van der Waals surface area contributed by atoms with E-state index in [1.54, 1.807) is 18.3 Å². The second-order valence-corrected chi connectivity index (χ2v) is 8.29. The van der Waals surface area contributed by atoms with E-state index in [0.717, 1.165) is 28.5 Å². The second-order valence-electron chi connectivity index (χ2n) is 6.52. The SMILES string of the molecule is CCC(C)c1ccc(S(=O)(=O)NCCc2cccc3cccnc23)cc1. The van der Waals surface area contributed by atoms with Gasteiger partial charge in [-0.15, -0.1) is 0 Å². The smallest absolute Gasteiger partial charge is 0.240 e. The predicted octanol–water partition coefficient (Wildman–Crippen LogP) is 4.27. The van der Waals surface area contributed by atoms with Crippen molar-refractivity contribution in [2.24, 2.45) is 0 Å². The van der Waals surface area contributed by atoms with Crippen LogP contribution in [0, 0.1) is 0 Å². The highest BCUT2D eigenvalue weighted by Crippen LogP contribution is 2.20. The summed E-state index contributed by atoms with van der Waals surface area (Å²) in [6, 6.07) is 17.1. The van der Waals surface area contributed by atoms with Gasteiger partial charge in [-0.25, -0.2) is 13.1 Å². The topological polar surface area (TPSA) is 59.1 Å². The zero-order chi connectivity index (χ0) is 18.6. The van der Waals surface area contributed by atoms with Crippen molar-refractivity contribution in [1.29, 1.82) is 0 Å². The summed E-state index contributed by atoms with van der Waals surface area (Å²) < 4.78 is 27.7. The molecule has 0 aliphatic rings. The summed E-state index contributed by atoms with van der Waals surface area (Å²) in [4.78, 5) is 4.72. The molecule has 0 amide bonds. The Hall–Kier alpha value is -2.24. The molecule has 1 aromatic heterocycles. The monoisotopic (exact) mass is 368 g/mol. The molecule has 136 valence electrons. The molecular weight excluding hydrogens is 344 g/mol. The van der Waals surface area contributed by atoms with Gasteiger partial charge >= 0.3 is 0 Å².